The normalized spacial score (nSPS) is 10.8. The first-order valence-electron chi connectivity index (χ1n) is 9.31. The maximum atomic E-state index is 12.9. The van der Waals surface area contributed by atoms with E-state index in [0.717, 1.165) is 0 Å². The third-order valence-electron chi connectivity index (χ3n) is 4.31. The van der Waals surface area contributed by atoms with Crippen LogP contribution in [-0.4, -0.2) is 27.8 Å². The fourth-order valence-corrected chi connectivity index (χ4v) is 2.73. The first-order chi connectivity index (χ1) is 15.3. The molecule has 0 saturated carbocycles. The number of non-ortho nitro benzene ring substituents is 1. The van der Waals surface area contributed by atoms with Crippen molar-refractivity contribution in [3.8, 4) is 0 Å². The number of benzene rings is 3. The Morgan fingerprint density at radius 3 is 2.19 bits per heavy atom. The van der Waals surface area contributed by atoms with Crippen LogP contribution in [-0.2, 0) is 4.79 Å². The molecule has 9 nitrogen and oxygen atoms in total. The molecule has 2 amide bonds. The Morgan fingerprint density at radius 2 is 1.56 bits per heavy atom. The van der Waals surface area contributed by atoms with Crippen LogP contribution in [0.25, 0.3) is 6.08 Å². The number of carbonyl (C=O) groups is 3. The minimum absolute atomic E-state index is 0.0488. The molecule has 0 aliphatic carbocycles. The molecule has 0 heterocycles. The number of carboxylic acid groups (broad SMARTS) is 1. The highest BCUT2D eigenvalue weighted by atomic mass is 16.6. The van der Waals surface area contributed by atoms with Crippen LogP contribution in [0.3, 0.4) is 0 Å². The highest BCUT2D eigenvalue weighted by Crippen LogP contribution is 2.17. The van der Waals surface area contributed by atoms with Gasteiger partial charge in [0.1, 0.15) is 5.70 Å². The summed E-state index contributed by atoms with van der Waals surface area (Å²) in [6.45, 7) is 0. The Hall–Kier alpha value is -4.79. The number of hydrogen-bond acceptors (Lipinski definition) is 5. The van der Waals surface area contributed by atoms with E-state index >= 15 is 0 Å². The van der Waals surface area contributed by atoms with E-state index in [9.17, 15) is 24.5 Å². The Balaban J connectivity index is 1.91. The topological polar surface area (TPSA) is 139 Å². The summed E-state index contributed by atoms with van der Waals surface area (Å²) >= 11 is 0. The molecule has 0 aliphatic heterocycles. The molecular weight excluding hydrogens is 414 g/mol. The Labute approximate surface area is 182 Å². The van der Waals surface area contributed by atoms with Crippen LogP contribution in [0.4, 0.5) is 11.4 Å². The molecule has 0 bridgehead atoms. The highest BCUT2D eigenvalue weighted by molar-refractivity contribution is 6.10. The lowest BCUT2D eigenvalue weighted by Gasteiger charge is -2.11. The number of nitro benzene ring substituents is 1. The van der Waals surface area contributed by atoms with E-state index in [0.29, 0.717) is 16.8 Å². The van der Waals surface area contributed by atoms with Gasteiger partial charge in [-0.3, -0.25) is 19.7 Å². The number of nitrogens with one attached hydrogen (secondary N) is 2. The summed E-state index contributed by atoms with van der Waals surface area (Å²) in [4.78, 5) is 46.9. The molecule has 0 aromatic heterocycles. The zero-order valence-corrected chi connectivity index (χ0v) is 16.5. The number of carboxylic acids is 1. The average Bonchev–Trinajstić information content (AvgIpc) is 2.79. The Morgan fingerprint density at radius 1 is 0.875 bits per heavy atom. The summed E-state index contributed by atoms with van der Waals surface area (Å²) in [5.74, 6) is -2.34. The third-order valence-corrected chi connectivity index (χ3v) is 4.31. The Kier molecular flexibility index (Phi) is 6.72. The molecule has 3 N–H and O–H groups in total. The van der Waals surface area contributed by atoms with E-state index in [1.165, 1.54) is 48.5 Å². The average molecular weight is 431 g/mol. The van der Waals surface area contributed by atoms with E-state index in [-0.39, 0.29) is 16.9 Å². The Bertz CT molecular complexity index is 1200. The fourth-order valence-electron chi connectivity index (χ4n) is 2.73. The number of hydrogen-bond donors (Lipinski definition) is 3. The molecule has 32 heavy (non-hydrogen) atoms. The summed E-state index contributed by atoms with van der Waals surface area (Å²) in [7, 11) is 0. The van der Waals surface area contributed by atoms with Gasteiger partial charge in [0.25, 0.3) is 17.5 Å². The molecular formula is C23H17N3O6. The number of aromatic carboxylic acids is 1. The van der Waals surface area contributed by atoms with Crippen molar-refractivity contribution in [2.75, 3.05) is 5.32 Å². The van der Waals surface area contributed by atoms with Gasteiger partial charge in [0.2, 0.25) is 0 Å². The molecule has 0 aliphatic rings. The predicted octanol–water partition coefficient (Wildman–Crippen LogP) is 3.70. The van der Waals surface area contributed by atoms with Crippen LogP contribution >= 0.6 is 0 Å². The van der Waals surface area contributed by atoms with Crippen LogP contribution < -0.4 is 10.6 Å². The van der Waals surface area contributed by atoms with Crippen molar-refractivity contribution in [3.05, 3.63) is 111 Å². The van der Waals surface area contributed by atoms with Gasteiger partial charge in [-0.05, 0) is 48.0 Å². The minimum atomic E-state index is -1.11. The summed E-state index contributed by atoms with van der Waals surface area (Å²) in [5, 5.41) is 25.1. The first-order valence-corrected chi connectivity index (χ1v) is 9.31. The largest absolute Gasteiger partial charge is 0.478 e. The van der Waals surface area contributed by atoms with Gasteiger partial charge < -0.3 is 15.7 Å². The second-order valence-corrected chi connectivity index (χ2v) is 6.57. The van der Waals surface area contributed by atoms with Crippen molar-refractivity contribution in [1.82, 2.24) is 5.32 Å². The lowest BCUT2D eigenvalue weighted by Crippen LogP contribution is -2.30. The summed E-state index contributed by atoms with van der Waals surface area (Å²) in [5.41, 5.74) is 0.681. The van der Waals surface area contributed by atoms with Crippen LogP contribution in [0.2, 0.25) is 0 Å². The molecule has 3 aromatic carbocycles. The van der Waals surface area contributed by atoms with Crippen molar-refractivity contribution in [3.63, 3.8) is 0 Å². The predicted molar refractivity (Wildman–Crippen MR) is 117 cm³/mol. The minimum Gasteiger partial charge on any atom is -0.478 e. The molecule has 0 radical (unpaired) electrons. The zero-order valence-electron chi connectivity index (χ0n) is 16.5. The summed E-state index contributed by atoms with van der Waals surface area (Å²) in [6.07, 6.45) is 1.31. The van der Waals surface area contributed by atoms with Gasteiger partial charge in [-0.15, -0.1) is 0 Å². The number of carbonyl (C=O) groups excluding carboxylic acids is 2. The number of rotatable bonds is 7. The van der Waals surface area contributed by atoms with Gasteiger partial charge in [0.05, 0.1) is 10.5 Å². The van der Waals surface area contributed by atoms with Crippen LogP contribution in [0.5, 0.6) is 0 Å². The van der Waals surface area contributed by atoms with Crippen molar-refractivity contribution in [1.29, 1.82) is 0 Å². The number of nitrogens with zero attached hydrogens (tertiary/aromatic N) is 1. The summed E-state index contributed by atoms with van der Waals surface area (Å²) in [6, 6.07) is 19.3. The van der Waals surface area contributed by atoms with Gasteiger partial charge in [-0.2, -0.15) is 0 Å². The third kappa shape index (κ3) is 5.63. The molecule has 9 heteroatoms. The van der Waals surface area contributed by atoms with E-state index in [4.69, 9.17) is 5.11 Å². The van der Waals surface area contributed by atoms with Crippen molar-refractivity contribution >= 4 is 35.2 Å². The zero-order chi connectivity index (χ0) is 23.1. The highest BCUT2D eigenvalue weighted by Gasteiger charge is 2.16. The standard InChI is InChI=1S/C23H17N3O6/c27-21(16-6-2-1-3-7-16)25-20(14-15-5-4-8-19(13-15)26(31)32)22(28)24-18-11-9-17(10-12-18)23(29)30/h1-14H,(H,24,28)(H,25,27)(H,29,30). The summed E-state index contributed by atoms with van der Waals surface area (Å²) < 4.78 is 0. The smallest absolute Gasteiger partial charge is 0.335 e. The quantitative estimate of drug-likeness (QED) is 0.296. The van der Waals surface area contributed by atoms with Gasteiger partial charge in [0.15, 0.2) is 0 Å². The molecule has 3 aromatic rings. The van der Waals surface area contributed by atoms with E-state index < -0.39 is 22.7 Å². The van der Waals surface area contributed by atoms with E-state index in [1.807, 2.05) is 0 Å². The van der Waals surface area contributed by atoms with Gasteiger partial charge in [-0.25, -0.2) is 4.79 Å². The lowest BCUT2D eigenvalue weighted by molar-refractivity contribution is -0.384. The maximum Gasteiger partial charge on any atom is 0.335 e. The van der Waals surface area contributed by atoms with Gasteiger partial charge >= 0.3 is 5.97 Å². The molecule has 3 rings (SSSR count). The molecule has 0 fully saturated rings. The number of nitro groups is 1. The second kappa shape index (κ2) is 9.81. The molecule has 160 valence electrons. The molecule has 0 atom stereocenters. The number of anilines is 1. The lowest BCUT2D eigenvalue weighted by atomic mass is 10.1. The molecule has 0 saturated heterocycles. The molecule has 0 unspecified atom stereocenters. The van der Waals surface area contributed by atoms with E-state index in [1.54, 1.807) is 36.4 Å². The van der Waals surface area contributed by atoms with Crippen molar-refractivity contribution in [2.45, 2.75) is 0 Å². The van der Waals surface area contributed by atoms with Crippen LogP contribution in [0.15, 0.2) is 84.6 Å². The first kappa shape index (κ1) is 21.9. The monoisotopic (exact) mass is 431 g/mol. The second-order valence-electron chi connectivity index (χ2n) is 6.57. The maximum absolute atomic E-state index is 12.9. The number of amides is 2. The van der Waals surface area contributed by atoms with Crippen LogP contribution in [0.1, 0.15) is 26.3 Å². The van der Waals surface area contributed by atoms with Crippen LogP contribution in [0, 0.1) is 10.1 Å². The SMILES string of the molecule is O=C(Nc1ccc(C(=O)O)cc1)C(=Cc1cccc([N+](=O)[O-])c1)NC(=O)c1ccccc1. The van der Waals surface area contributed by atoms with E-state index in [2.05, 4.69) is 10.6 Å². The van der Waals surface area contributed by atoms with Gasteiger partial charge in [-0.1, -0.05) is 30.3 Å². The van der Waals surface area contributed by atoms with Gasteiger partial charge in [0, 0.05) is 23.4 Å². The fraction of sp³-hybridized carbons (Fsp3) is 0. The molecule has 0 spiro atoms. The van der Waals surface area contributed by atoms with Crippen molar-refractivity contribution < 1.29 is 24.4 Å². The van der Waals surface area contributed by atoms with Crippen molar-refractivity contribution in [2.24, 2.45) is 0 Å².